The summed E-state index contributed by atoms with van der Waals surface area (Å²) in [5.41, 5.74) is 7.85. The highest BCUT2D eigenvalue weighted by molar-refractivity contribution is 9.10. The van der Waals surface area contributed by atoms with Crippen LogP contribution in [-0.2, 0) is 0 Å². The van der Waals surface area contributed by atoms with Crippen LogP contribution >= 0.6 is 15.9 Å². The van der Waals surface area contributed by atoms with Crippen LogP contribution in [0, 0.1) is 0 Å². The molecule has 0 aliphatic heterocycles. The fraction of sp³-hybridized carbons (Fsp3) is 0.0667. The van der Waals surface area contributed by atoms with Crippen molar-refractivity contribution in [1.82, 2.24) is 5.32 Å². The summed E-state index contributed by atoms with van der Waals surface area (Å²) in [6, 6.07) is 11.6. The number of halogens is 1. The highest BCUT2D eigenvalue weighted by Crippen LogP contribution is 2.21. The first-order valence-corrected chi connectivity index (χ1v) is 6.99. The third-order valence-electron chi connectivity index (χ3n) is 2.89. The molecule has 21 heavy (non-hydrogen) atoms. The van der Waals surface area contributed by atoms with Crippen LogP contribution in [0.3, 0.4) is 0 Å². The third-order valence-corrected chi connectivity index (χ3v) is 3.61. The van der Waals surface area contributed by atoms with Crippen LogP contribution in [0.25, 0.3) is 0 Å². The highest BCUT2D eigenvalue weighted by atomic mass is 79.9. The number of nitrogen functional groups attached to an aromatic ring is 1. The van der Waals surface area contributed by atoms with E-state index in [0.717, 1.165) is 4.47 Å². The number of nitrogens with two attached hydrogens (primary N) is 1. The van der Waals surface area contributed by atoms with Gasteiger partial charge in [-0.25, -0.2) is 0 Å². The molecule has 0 saturated carbocycles. The first-order valence-electron chi connectivity index (χ1n) is 6.20. The lowest BCUT2D eigenvalue weighted by Crippen LogP contribution is -2.18. The first-order chi connectivity index (χ1) is 10.0. The van der Waals surface area contributed by atoms with Gasteiger partial charge in [-0.1, -0.05) is 0 Å². The van der Waals surface area contributed by atoms with Gasteiger partial charge in [0.2, 0.25) is 0 Å². The van der Waals surface area contributed by atoms with Gasteiger partial charge < -0.3 is 16.4 Å². The monoisotopic (exact) mass is 347 g/mol. The second kappa shape index (κ2) is 6.41. The van der Waals surface area contributed by atoms with E-state index >= 15 is 0 Å². The number of amides is 2. The Hall–Kier alpha value is -2.34. The summed E-state index contributed by atoms with van der Waals surface area (Å²) in [7, 11) is 1.57. The molecule has 0 aliphatic rings. The van der Waals surface area contributed by atoms with Gasteiger partial charge in [0.15, 0.2) is 0 Å². The number of anilines is 2. The Morgan fingerprint density at radius 3 is 2.19 bits per heavy atom. The Balaban J connectivity index is 2.12. The Labute approximate surface area is 130 Å². The van der Waals surface area contributed by atoms with Crippen molar-refractivity contribution in [1.29, 1.82) is 0 Å². The molecule has 0 atom stereocenters. The zero-order valence-corrected chi connectivity index (χ0v) is 12.9. The summed E-state index contributed by atoms with van der Waals surface area (Å²) < 4.78 is 0.744. The maximum atomic E-state index is 12.1. The van der Waals surface area contributed by atoms with Crippen LogP contribution in [0.1, 0.15) is 20.7 Å². The molecule has 0 radical (unpaired) electrons. The van der Waals surface area contributed by atoms with Crippen molar-refractivity contribution in [2.45, 2.75) is 0 Å². The van der Waals surface area contributed by atoms with Gasteiger partial charge in [-0.15, -0.1) is 0 Å². The lowest BCUT2D eigenvalue weighted by Gasteiger charge is -2.07. The fourth-order valence-corrected chi connectivity index (χ4v) is 1.98. The van der Waals surface area contributed by atoms with Crippen LogP contribution in [0.15, 0.2) is 46.9 Å². The van der Waals surface area contributed by atoms with Crippen LogP contribution in [0.4, 0.5) is 11.4 Å². The Morgan fingerprint density at radius 2 is 1.62 bits per heavy atom. The SMILES string of the molecule is CNC(=O)c1ccc(NC(=O)c2ccc(Br)c(N)c2)cc1. The third kappa shape index (κ3) is 3.61. The average molecular weight is 348 g/mol. The standard InChI is InChI=1S/C15H14BrN3O2/c1-18-14(20)9-2-5-11(6-3-9)19-15(21)10-4-7-12(16)13(17)8-10/h2-8H,17H2,1H3,(H,18,20)(H,19,21). The summed E-state index contributed by atoms with van der Waals surface area (Å²) >= 11 is 3.28. The summed E-state index contributed by atoms with van der Waals surface area (Å²) in [6.07, 6.45) is 0. The molecule has 2 rings (SSSR count). The Kier molecular flexibility index (Phi) is 4.59. The van der Waals surface area contributed by atoms with Gasteiger partial charge in [-0.05, 0) is 58.4 Å². The molecule has 2 aromatic rings. The molecule has 5 nitrogen and oxygen atoms in total. The maximum Gasteiger partial charge on any atom is 0.255 e. The average Bonchev–Trinajstić information content (AvgIpc) is 2.50. The number of nitrogens with one attached hydrogen (secondary N) is 2. The van der Waals surface area contributed by atoms with Gasteiger partial charge in [0.25, 0.3) is 11.8 Å². The van der Waals surface area contributed by atoms with Gasteiger partial charge in [0.05, 0.1) is 0 Å². The van der Waals surface area contributed by atoms with E-state index in [0.29, 0.717) is 22.5 Å². The first kappa shape index (κ1) is 15.1. The van der Waals surface area contributed by atoms with Gasteiger partial charge in [-0.3, -0.25) is 9.59 Å². The molecule has 2 amide bonds. The molecule has 0 spiro atoms. The second-order valence-corrected chi connectivity index (χ2v) is 5.20. The van der Waals surface area contributed by atoms with E-state index in [-0.39, 0.29) is 11.8 Å². The van der Waals surface area contributed by atoms with Gasteiger partial charge in [-0.2, -0.15) is 0 Å². The number of rotatable bonds is 3. The lowest BCUT2D eigenvalue weighted by atomic mass is 10.1. The van der Waals surface area contributed by atoms with Crippen molar-refractivity contribution in [2.75, 3.05) is 18.1 Å². The number of carbonyl (C=O) groups excluding carboxylic acids is 2. The lowest BCUT2D eigenvalue weighted by molar-refractivity contribution is 0.0962. The van der Waals surface area contributed by atoms with Crippen LogP contribution in [0.5, 0.6) is 0 Å². The molecule has 4 N–H and O–H groups in total. The van der Waals surface area contributed by atoms with E-state index < -0.39 is 0 Å². The van der Waals surface area contributed by atoms with Crippen molar-refractivity contribution >= 4 is 39.1 Å². The van der Waals surface area contributed by atoms with Gasteiger partial charge >= 0.3 is 0 Å². The molecular formula is C15H14BrN3O2. The number of hydrogen-bond donors (Lipinski definition) is 3. The van der Waals surface area contributed by atoms with Crippen molar-refractivity contribution in [3.63, 3.8) is 0 Å². The molecular weight excluding hydrogens is 334 g/mol. The van der Waals surface area contributed by atoms with Crippen molar-refractivity contribution in [3.05, 3.63) is 58.1 Å². The minimum Gasteiger partial charge on any atom is -0.398 e. The predicted molar refractivity (Wildman–Crippen MR) is 86.3 cm³/mol. The predicted octanol–water partition coefficient (Wildman–Crippen LogP) is 2.64. The van der Waals surface area contributed by atoms with E-state index in [1.165, 1.54) is 0 Å². The molecule has 0 saturated heterocycles. The number of carbonyl (C=O) groups is 2. The normalized spacial score (nSPS) is 10.0. The van der Waals surface area contributed by atoms with Crippen molar-refractivity contribution in [2.24, 2.45) is 0 Å². The van der Waals surface area contributed by atoms with E-state index in [2.05, 4.69) is 26.6 Å². The maximum absolute atomic E-state index is 12.1. The highest BCUT2D eigenvalue weighted by Gasteiger charge is 2.08. The van der Waals surface area contributed by atoms with E-state index in [1.807, 2.05) is 0 Å². The largest absolute Gasteiger partial charge is 0.398 e. The Morgan fingerprint density at radius 1 is 1.00 bits per heavy atom. The Bertz CT molecular complexity index is 684. The van der Waals surface area contributed by atoms with E-state index in [9.17, 15) is 9.59 Å². The van der Waals surface area contributed by atoms with E-state index in [4.69, 9.17) is 5.73 Å². The zero-order chi connectivity index (χ0) is 15.4. The molecule has 6 heteroatoms. The molecule has 2 aromatic carbocycles. The molecule has 108 valence electrons. The minimum absolute atomic E-state index is 0.173. The van der Waals surface area contributed by atoms with Crippen LogP contribution in [-0.4, -0.2) is 18.9 Å². The van der Waals surface area contributed by atoms with Gasteiger partial charge in [0.1, 0.15) is 0 Å². The molecule has 0 unspecified atom stereocenters. The second-order valence-electron chi connectivity index (χ2n) is 4.35. The fourth-order valence-electron chi connectivity index (χ4n) is 1.74. The number of hydrogen-bond acceptors (Lipinski definition) is 3. The smallest absolute Gasteiger partial charge is 0.255 e. The topological polar surface area (TPSA) is 84.2 Å². The summed E-state index contributed by atoms with van der Waals surface area (Å²) in [6.45, 7) is 0. The molecule has 0 bridgehead atoms. The van der Waals surface area contributed by atoms with Crippen molar-refractivity contribution in [3.8, 4) is 0 Å². The quantitative estimate of drug-likeness (QED) is 0.746. The molecule has 0 heterocycles. The van der Waals surface area contributed by atoms with Gasteiger partial charge in [0, 0.05) is 34.0 Å². The van der Waals surface area contributed by atoms with Crippen LogP contribution in [0.2, 0.25) is 0 Å². The van der Waals surface area contributed by atoms with Crippen LogP contribution < -0.4 is 16.4 Å². The minimum atomic E-state index is -0.262. The van der Waals surface area contributed by atoms with E-state index in [1.54, 1.807) is 49.5 Å². The zero-order valence-electron chi connectivity index (χ0n) is 11.3. The number of benzene rings is 2. The summed E-state index contributed by atoms with van der Waals surface area (Å²) in [5, 5.41) is 5.28. The summed E-state index contributed by atoms with van der Waals surface area (Å²) in [5.74, 6) is -0.435. The molecule has 0 aromatic heterocycles. The molecule has 0 fully saturated rings. The molecule has 0 aliphatic carbocycles. The van der Waals surface area contributed by atoms with Crippen molar-refractivity contribution < 1.29 is 9.59 Å². The summed E-state index contributed by atoms with van der Waals surface area (Å²) in [4.78, 5) is 23.5.